The maximum Gasteiger partial charge on any atom is 0.0819 e. The highest BCUT2D eigenvalue weighted by atomic mass is 15.1. The van der Waals surface area contributed by atoms with Crippen LogP contribution in [0.1, 0.15) is 28.9 Å². The molecule has 1 saturated heterocycles. The molecule has 2 heteroatoms. The summed E-state index contributed by atoms with van der Waals surface area (Å²) in [5, 5.41) is 0.304. The Bertz CT molecular complexity index is 779. The minimum absolute atomic E-state index is 0.0318. The van der Waals surface area contributed by atoms with Gasteiger partial charge >= 0.3 is 0 Å². The maximum absolute atomic E-state index is 8.12. The van der Waals surface area contributed by atoms with Gasteiger partial charge in [-0.1, -0.05) is 18.1 Å². The highest BCUT2D eigenvalue weighted by molar-refractivity contribution is 5.83. The zero-order chi connectivity index (χ0) is 17.1. The van der Waals surface area contributed by atoms with Gasteiger partial charge in [-0.25, -0.2) is 0 Å². The summed E-state index contributed by atoms with van der Waals surface area (Å²) in [5.74, 6) is -0.240. The van der Waals surface area contributed by atoms with Crippen molar-refractivity contribution in [3.05, 3.63) is 35.9 Å². The molecule has 0 aliphatic carbocycles. The molecule has 15 heavy (non-hydrogen) atoms. The number of aromatic amines is 1. The Morgan fingerprint density at radius 3 is 3.33 bits per heavy atom. The molecule has 1 atom stereocenters. The lowest BCUT2D eigenvalue weighted by atomic mass is 9.98. The van der Waals surface area contributed by atoms with Crippen LogP contribution >= 0.6 is 0 Å². The first-order valence-corrected chi connectivity index (χ1v) is 4.96. The van der Waals surface area contributed by atoms with Gasteiger partial charge < -0.3 is 9.88 Å². The zero-order valence-corrected chi connectivity index (χ0v) is 8.15. The molecule has 0 spiro atoms. The summed E-state index contributed by atoms with van der Waals surface area (Å²) in [6, 6.07) is -1.07. The number of hydrogen-bond donors (Lipinski definition) is 1. The predicted octanol–water partition coefficient (Wildman–Crippen LogP) is 2.59. The third kappa shape index (κ3) is 1.45. The predicted molar refractivity (Wildman–Crippen MR) is 63.2 cm³/mol. The van der Waals surface area contributed by atoms with Gasteiger partial charge in [-0.3, -0.25) is 0 Å². The summed E-state index contributed by atoms with van der Waals surface area (Å²) in [7, 11) is 0. The summed E-state index contributed by atoms with van der Waals surface area (Å²) < 4.78 is 62.1. The molecule has 1 aromatic carbocycles. The van der Waals surface area contributed by atoms with Crippen molar-refractivity contribution in [1.82, 2.24) is 9.88 Å². The van der Waals surface area contributed by atoms with Crippen molar-refractivity contribution in [2.45, 2.75) is 12.3 Å². The number of para-hydroxylation sites is 1. The summed E-state index contributed by atoms with van der Waals surface area (Å²) in [6.07, 6.45) is 0.573. The molecule has 0 saturated carbocycles. The third-order valence-corrected chi connectivity index (χ3v) is 2.88. The van der Waals surface area contributed by atoms with Crippen LogP contribution in [0, 0.1) is 0 Å². The van der Waals surface area contributed by atoms with Crippen LogP contribution in [-0.2, 0) is 0 Å². The van der Waals surface area contributed by atoms with Gasteiger partial charge in [-0.2, -0.15) is 0 Å². The topological polar surface area (TPSA) is 19.0 Å². The van der Waals surface area contributed by atoms with Crippen molar-refractivity contribution in [2.75, 3.05) is 20.1 Å². The minimum Gasteiger partial charge on any atom is -0.361 e. The average Bonchev–Trinajstić information content (AvgIpc) is 3.06. The molecule has 1 fully saturated rings. The van der Waals surface area contributed by atoms with Crippen LogP contribution in [0.25, 0.3) is 10.9 Å². The number of rotatable bonds is 1. The lowest BCUT2D eigenvalue weighted by molar-refractivity contribution is 0.412. The van der Waals surface area contributed by atoms with Crippen molar-refractivity contribution in [3.63, 3.8) is 0 Å². The van der Waals surface area contributed by atoms with E-state index in [0.29, 0.717) is 23.9 Å². The molecular weight excluding hydrogens is 184 g/mol. The molecular formula is C13H16N2. The van der Waals surface area contributed by atoms with Gasteiger partial charge in [-0.15, -0.1) is 0 Å². The van der Waals surface area contributed by atoms with E-state index in [0.717, 1.165) is 0 Å². The smallest absolute Gasteiger partial charge is 0.0819 e. The SMILES string of the molecule is [2H]c1[nH]c2c([2H])c([2H])c([2H])c([2H])c2c1C1CCN(C([2H])([2H])[2H])C1. The average molecular weight is 208 g/mol. The second kappa shape index (κ2) is 3.38. The Labute approximate surface area is 101 Å². The van der Waals surface area contributed by atoms with Gasteiger partial charge in [0.15, 0.2) is 0 Å². The fourth-order valence-corrected chi connectivity index (χ4v) is 2.10. The number of likely N-dealkylation sites (N-methyl/N-ethyl adjacent to an activating group) is 1. The van der Waals surface area contributed by atoms with E-state index in [4.69, 9.17) is 11.0 Å². The summed E-state index contributed by atoms with van der Waals surface area (Å²) in [5.41, 5.74) is 0.696. The molecule has 0 radical (unpaired) electrons. The monoisotopic (exact) mass is 208 g/mol. The third-order valence-electron chi connectivity index (χ3n) is 2.88. The van der Waals surface area contributed by atoms with Crippen molar-refractivity contribution >= 4 is 10.9 Å². The Balaban J connectivity index is 2.15. The van der Waals surface area contributed by atoms with Crippen LogP contribution in [0.4, 0.5) is 0 Å². The Morgan fingerprint density at radius 2 is 2.47 bits per heavy atom. The molecule has 1 unspecified atom stereocenters. The number of benzene rings is 1. The standard InChI is InChI=1S/C13H16N2/c1-15-7-6-10(9-15)12-8-14-13-5-3-2-4-11(12)13/h2-5,8,10,14H,6-7,9H2,1H3/i1D3,2D,3D,4D,5D,8D. The first-order valence-electron chi connectivity index (χ1n) is 8.96. The van der Waals surface area contributed by atoms with Gasteiger partial charge in [-0.05, 0) is 37.5 Å². The van der Waals surface area contributed by atoms with E-state index in [2.05, 4.69) is 4.98 Å². The number of hydrogen-bond acceptors (Lipinski definition) is 1. The minimum atomic E-state index is -2.19. The molecule has 1 N–H and O–H groups in total. The largest absolute Gasteiger partial charge is 0.361 e. The maximum atomic E-state index is 8.12. The first kappa shape index (κ1) is 3.95. The summed E-state index contributed by atoms with van der Waals surface area (Å²) >= 11 is 0. The second-order valence-electron chi connectivity index (χ2n) is 3.85. The van der Waals surface area contributed by atoms with Gasteiger partial charge in [0.05, 0.1) is 6.85 Å². The number of nitrogens with one attached hydrogen (secondary N) is 1. The number of nitrogens with zero attached hydrogens (tertiary/aromatic N) is 1. The van der Waals surface area contributed by atoms with Crippen LogP contribution in [0.3, 0.4) is 0 Å². The zero-order valence-electron chi connectivity index (χ0n) is 16.1. The number of fused-ring (bicyclic) bond motifs is 1. The van der Waals surface area contributed by atoms with Crippen molar-refractivity contribution in [3.8, 4) is 0 Å². The van der Waals surface area contributed by atoms with Crippen molar-refractivity contribution in [1.29, 1.82) is 0 Å². The van der Waals surface area contributed by atoms with Gasteiger partial charge in [0.2, 0.25) is 0 Å². The molecule has 0 amide bonds. The highest BCUT2D eigenvalue weighted by Crippen LogP contribution is 2.31. The highest BCUT2D eigenvalue weighted by Gasteiger charge is 2.23. The second-order valence-corrected chi connectivity index (χ2v) is 3.85. The van der Waals surface area contributed by atoms with Crippen LogP contribution in [0.5, 0.6) is 0 Å². The molecule has 1 aliphatic rings. The van der Waals surface area contributed by atoms with Crippen molar-refractivity contribution < 1.29 is 11.0 Å². The van der Waals surface area contributed by atoms with E-state index in [9.17, 15) is 0 Å². The summed E-state index contributed by atoms with van der Waals surface area (Å²) in [4.78, 5) is 4.09. The first-order chi connectivity index (χ1) is 10.6. The normalized spacial score (nSPS) is 31.1. The van der Waals surface area contributed by atoms with E-state index < -0.39 is 6.98 Å². The number of H-pyrrole nitrogens is 1. The lowest BCUT2D eigenvalue weighted by Gasteiger charge is -2.09. The van der Waals surface area contributed by atoms with E-state index >= 15 is 0 Å². The van der Waals surface area contributed by atoms with E-state index in [1.54, 1.807) is 0 Å². The summed E-state index contributed by atoms with van der Waals surface area (Å²) in [6.45, 7) is -1.57. The van der Waals surface area contributed by atoms with Gasteiger partial charge in [0, 0.05) is 27.7 Å². The molecule has 2 heterocycles. The fraction of sp³-hybridized carbons (Fsp3) is 0.385. The number of aromatic nitrogens is 1. The molecule has 1 aliphatic heterocycles. The molecule has 1 aromatic heterocycles. The van der Waals surface area contributed by atoms with E-state index in [-0.39, 0.29) is 48.3 Å². The lowest BCUT2D eigenvalue weighted by Crippen LogP contribution is -2.13. The van der Waals surface area contributed by atoms with Crippen molar-refractivity contribution in [2.24, 2.45) is 0 Å². The van der Waals surface area contributed by atoms with E-state index in [1.807, 2.05) is 0 Å². The molecule has 78 valence electrons. The fourth-order valence-electron chi connectivity index (χ4n) is 2.10. The van der Waals surface area contributed by atoms with Crippen LogP contribution in [0.2, 0.25) is 0 Å². The van der Waals surface area contributed by atoms with Crippen LogP contribution in [0.15, 0.2) is 30.3 Å². The van der Waals surface area contributed by atoms with Crippen LogP contribution < -0.4 is 0 Å². The van der Waals surface area contributed by atoms with Gasteiger partial charge in [0.25, 0.3) is 0 Å². The number of likely N-dealkylation sites (tertiary alicyclic amines) is 1. The quantitative estimate of drug-likeness (QED) is 0.763. The molecule has 0 bridgehead atoms. The Morgan fingerprint density at radius 1 is 1.53 bits per heavy atom. The Hall–Kier alpha value is -1.28. The molecule has 2 aromatic rings. The van der Waals surface area contributed by atoms with Crippen LogP contribution in [-0.4, -0.2) is 29.9 Å². The van der Waals surface area contributed by atoms with Gasteiger partial charge in [0.1, 0.15) is 0 Å². The van der Waals surface area contributed by atoms with E-state index in [1.165, 1.54) is 4.90 Å². The molecule has 2 nitrogen and oxygen atoms in total. The Kier molecular flexibility index (Phi) is 0.890. The molecule has 3 rings (SSSR count).